The molecule has 0 aromatic rings. The molecule has 0 rings (SSSR count). The maximum atomic E-state index is 9.63. The minimum absolute atomic E-state index is 0.0152. The molecule has 3 heteroatoms. The molecule has 10 heavy (non-hydrogen) atoms. The van der Waals surface area contributed by atoms with E-state index in [4.69, 9.17) is 11.6 Å². The van der Waals surface area contributed by atoms with E-state index in [1.807, 2.05) is 0 Å². The summed E-state index contributed by atoms with van der Waals surface area (Å²) in [6, 6.07) is 0. The summed E-state index contributed by atoms with van der Waals surface area (Å²) >= 11 is 5.77. The fraction of sp³-hybridized carbons (Fsp3) is 0.857. The Bertz CT molecular complexity index is 121. The van der Waals surface area contributed by atoms with Crippen molar-refractivity contribution in [2.24, 2.45) is 4.99 Å². The maximum absolute atomic E-state index is 9.63. The zero-order chi connectivity index (χ0) is 7.82. The maximum Gasteiger partial charge on any atom is 0.234 e. The minimum atomic E-state index is 0.0152. The summed E-state index contributed by atoms with van der Waals surface area (Å²) in [6.07, 6.45) is 4.63. The van der Waals surface area contributed by atoms with Crippen molar-refractivity contribution in [3.63, 3.8) is 0 Å². The van der Waals surface area contributed by atoms with E-state index in [0.29, 0.717) is 6.54 Å². The van der Waals surface area contributed by atoms with Crippen LogP contribution in [0.25, 0.3) is 0 Å². The highest BCUT2D eigenvalue weighted by molar-refractivity contribution is 6.20. The molecule has 0 fully saturated rings. The first-order valence-corrected chi connectivity index (χ1v) is 3.92. The fourth-order valence-corrected chi connectivity index (χ4v) is 0.877. The van der Waals surface area contributed by atoms with Gasteiger partial charge in [0.25, 0.3) is 0 Å². The van der Waals surface area contributed by atoms with Crippen molar-refractivity contribution in [2.45, 2.75) is 31.6 Å². The van der Waals surface area contributed by atoms with E-state index in [1.54, 1.807) is 0 Å². The highest BCUT2D eigenvalue weighted by Crippen LogP contribution is 2.06. The molecule has 0 spiro atoms. The Hall–Kier alpha value is -0.330. The summed E-state index contributed by atoms with van der Waals surface area (Å²) in [4.78, 5) is 13.0. The molecule has 0 aliphatic rings. The van der Waals surface area contributed by atoms with Gasteiger partial charge >= 0.3 is 0 Å². The molecule has 0 saturated carbocycles. The largest absolute Gasteiger partial charge is 0.234 e. The van der Waals surface area contributed by atoms with E-state index in [0.717, 1.165) is 19.3 Å². The highest BCUT2D eigenvalue weighted by atomic mass is 35.5. The molecule has 0 radical (unpaired) electrons. The Morgan fingerprint density at radius 3 is 2.90 bits per heavy atom. The van der Waals surface area contributed by atoms with Gasteiger partial charge in [-0.3, -0.25) is 0 Å². The van der Waals surface area contributed by atoms with Gasteiger partial charge in [0.15, 0.2) is 0 Å². The molecule has 0 saturated heterocycles. The summed E-state index contributed by atoms with van der Waals surface area (Å²) in [5.41, 5.74) is 0. The van der Waals surface area contributed by atoms with Crippen molar-refractivity contribution in [1.29, 1.82) is 0 Å². The number of carbonyl (C=O) groups excluding carboxylic acids is 1. The minimum Gasteiger partial charge on any atom is -0.211 e. The fourth-order valence-electron chi connectivity index (χ4n) is 0.653. The number of alkyl halides is 1. The Labute approximate surface area is 66.3 Å². The summed E-state index contributed by atoms with van der Waals surface area (Å²) in [7, 11) is 0. The smallest absolute Gasteiger partial charge is 0.211 e. The van der Waals surface area contributed by atoms with Gasteiger partial charge in [0.05, 0.1) is 11.9 Å². The summed E-state index contributed by atoms with van der Waals surface area (Å²) in [5.74, 6) is 0. The standard InChI is InChI=1S/C7H12ClNO/c1-2-3-4-7(8)5-9-6-10/h7H,2-5H2,1H3. The number of aliphatic imine (C=N–C) groups is 1. The van der Waals surface area contributed by atoms with Crippen molar-refractivity contribution < 1.29 is 4.79 Å². The molecule has 0 aromatic carbocycles. The van der Waals surface area contributed by atoms with E-state index >= 15 is 0 Å². The lowest BCUT2D eigenvalue weighted by Crippen LogP contribution is -2.01. The molecule has 0 heterocycles. The third kappa shape index (κ3) is 5.80. The second-order valence-corrected chi connectivity index (χ2v) is 2.79. The van der Waals surface area contributed by atoms with Crippen molar-refractivity contribution in [1.82, 2.24) is 0 Å². The highest BCUT2D eigenvalue weighted by Gasteiger charge is 2.00. The molecule has 0 amide bonds. The number of hydrogen-bond acceptors (Lipinski definition) is 2. The van der Waals surface area contributed by atoms with Crippen LogP contribution in [-0.4, -0.2) is 18.0 Å². The van der Waals surface area contributed by atoms with E-state index < -0.39 is 0 Å². The van der Waals surface area contributed by atoms with Crippen LogP contribution in [-0.2, 0) is 4.79 Å². The number of unbranched alkanes of at least 4 members (excludes halogenated alkanes) is 1. The second-order valence-electron chi connectivity index (χ2n) is 2.17. The van der Waals surface area contributed by atoms with Crippen molar-refractivity contribution >= 4 is 17.7 Å². The monoisotopic (exact) mass is 161 g/mol. The lowest BCUT2D eigenvalue weighted by Gasteiger charge is -2.01. The van der Waals surface area contributed by atoms with Crippen LogP contribution in [0.2, 0.25) is 0 Å². The molecule has 0 bridgehead atoms. The molecule has 1 atom stereocenters. The van der Waals surface area contributed by atoms with Crippen LogP contribution in [0.1, 0.15) is 26.2 Å². The van der Waals surface area contributed by atoms with Crippen LogP contribution >= 0.6 is 11.6 Å². The van der Waals surface area contributed by atoms with Gasteiger partial charge in [0, 0.05) is 0 Å². The third-order valence-electron chi connectivity index (χ3n) is 1.22. The average Bonchev–Trinajstić information content (AvgIpc) is 1.97. The van der Waals surface area contributed by atoms with Crippen molar-refractivity contribution in [3.05, 3.63) is 0 Å². The Morgan fingerprint density at radius 2 is 2.40 bits per heavy atom. The first-order valence-electron chi connectivity index (χ1n) is 3.49. The van der Waals surface area contributed by atoms with Gasteiger partial charge in [-0.25, -0.2) is 9.79 Å². The average molecular weight is 162 g/mol. The molecule has 58 valence electrons. The van der Waals surface area contributed by atoms with Gasteiger partial charge in [-0.2, -0.15) is 0 Å². The van der Waals surface area contributed by atoms with Crippen LogP contribution in [0, 0.1) is 0 Å². The van der Waals surface area contributed by atoms with E-state index in [1.165, 1.54) is 6.08 Å². The number of nitrogens with zero attached hydrogens (tertiary/aromatic N) is 1. The molecule has 1 unspecified atom stereocenters. The predicted octanol–water partition coefficient (Wildman–Crippen LogP) is 2.12. The van der Waals surface area contributed by atoms with Crippen LogP contribution in [0.15, 0.2) is 4.99 Å². The van der Waals surface area contributed by atoms with E-state index in [2.05, 4.69) is 11.9 Å². The van der Waals surface area contributed by atoms with Gasteiger partial charge in [0.2, 0.25) is 6.08 Å². The molecule has 2 nitrogen and oxygen atoms in total. The molecule has 0 N–H and O–H groups in total. The van der Waals surface area contributed by atoms with E-state index in [9.17, 15) is 4.79 Å². The normalized spacial score (nSPS) is 12.2. The summed E-state index contributed by atoms with van der Waals surface area (Å²) in [6.45, 7) is 2.51. The Balaban J connectivity index is 3.24. The van der Waals surface area contributed by atoms with Gasteiger partial charge in [-0.1, -0.05) is 19.8 Å². The van der Waals surface area contributed by atoms with Crippen LogP contribution in [0.4, 0.5) is 0 Å². The zero-order valence-corrected chi connectivity index (χ0v) is 6.90. The SMILES string of the molecule is CCCCC(Cl)CN=C=O. The van der Waals surface area contributed by atoms with Crippen molar-refractivity contribution in [2.75, 3.05) is 6.54 Å². The first kappa shape index (κ1) is 9.67. The lowest BCUT2D eigenvalue weighted by atomic mass is 10.2. The van der Waals surface area contributed by atoms with Gasteiger partial charge in [-0.05, 0) is 6.42 Å². The Morgan fingerprint density at radius 1 is 1.70 bits per heavy atom. The quantitative estimate of drug-likeness (QED) is 0.345. The predicted molar refractivity (Wildman–Crippen MR) is 42.2 cm³/mol. The number of isocyanates is 1. The molecule has 0 aromatic heterocycles. The number of halogens is 1. The van der Waals surface area contributed by atoms with Crippen LogP contribution in [0.5, 0.6) is 0 Å². The van der Waals surface area contributed by atoms with E-state index in [-0.39, 0.29) is 5.38 Å². The first-order chi connectivity index (χ1) is 4.81. The summed E-state index contributed by atoms with van der Waals surface area (Å²) in [5, 5.41) is 0.0152. The van der Waals surface area contributed by atoms with Crippen molar-refractivity contribution in [3.8, 4) is 0 Å². The molecular formula is C7H12ClNO. The van der Waals surface area contributed by atoms with Gasteiger partial charge in [-0.15, -0.1) is 11.6 Å². The number of rotatable bonds is 5. The van der Waals surface area contributed by atoms with Crippen LogP contribution in [0.3, 0.4) is 0 Å². The Kier molecular flexibility index (Phi) is 6.56. The third-order valence-corrected chi connectivity index (χ3v) is 1.58. The molecular weight excluding hydrogens is 150 g/mol. The zero-order valence-electron chi connectivity index (χ0n) is 6.14. The van der Waals surface area contributed by atoms with Gasteiger partial charge < -0.3 is 0 Å². The summed E-state index contributed by atoms with van der Waals surface area (Å²) < 4.78 is 0. The lowest BCUT2D eigenvalue weighted by molar-refractivity contribution is 0.561. The second kappa shape index (κ2) is 6.79. The molecule has 0 aliphatic carbocycles. The molecule has 0 aliphatic heterocycles. The topological polar surface area (TPSA) is 29.4 Å². The van der Waals surface area contributed by atoms with Crippen LogP contribution < -0.4 is 0 Å². The van der Waals surface area contributed by atoms with Gasteiger partial charge in [0.1, 0.15) is 0 Å². The number of hydrogen-bond donors (Lipinski definition) is 0.